The number of nitrogens with one attached hydrogen (secondary N) is 1. The summed E-state index contributed by atoms with van der Waals surface area (Å²) >= 11 is 0. The average molecular weight is 253 g/mol. The molecule has 3 nitrogen and oxygen atoms in total. The fraction of sp³-hybridized carbons (Fsp3) is 0.385. The van der Waals surface area contributed by atoms with E-state index in [0.29, 0.717) is 6.04 Å². The normalized spacial score (nSPS) is 20.2. The Morgan fingerprint density at radius 1 is 1.35 bits per heavy atom. The first-order valence-electron chi connectivity index (χ1n) is 5.71. The minimum atomic E-state index is 0. The van der Waals surface area contributed by atoms with Gasteiger partial charge in [0.2, 0.25) is 0 Å². The van der Waals surface area contributed by atoms with E-state index in [4.69, 9.17) is 4.74 Å². The lowest BCUT2D eigenvalue weighted by molar-refractivity contribution is 0.0772. The van der Waals surface area contributed by atoms with Crippen LogP contribution in [0.15, 0.2) is 30.5 Å². The second-order valence-electron chi connectivity index (χ2n) is 4.29. The molecule has 17 heavy (non-hydrogen) atoms. The molecule has 1 fully saturated rings. The van der Waals surface area contributed by atoms with Gasteiger partial charge in [0.25, 0.3) is 0 Å². The number of halogens is 1. The van der Waals surface area contributed by atoms with Gasteiger partial charge in [0.05, 0.1) is 19.3 Å². The zero-order chi connectivity index (χ0) is 11.0. The van der Waals surface area contributed by atoms with Gasteiger partial charge in [-0.3, -0.25) is 0 Å². The number of aryl methyl sites for hydroxylation is 1. The van der Waals surface area contributed by atoms with Crippen molar-refractivity contribution in [1.82, 2.24) is 9.88 Å². The van der Waals surface area contributed by atoms with Crippen LogP contribution in [0.5, 0.6) is 0 Å². The summed E-state index contributed by atoms with van der Waals surface area (Å²) in [5.74, 6) is 0. The molecule has 1 N–H and O–H groups in total. The van der Waals surface area contributed by atoms with Gasteiger partial charge in [-0.1, -0.05) is 18.2 Å². The first kappa shape index (κ1) is 12.4. The third kappa shape index (κ3) is 2.18. The van der Waals surface area contributed by atoms with Crippen molar-refractivity contribution in [2.24, 2.45) is 7.05 Å². The van der Waals surface area contributed by atoms with Gasteiger partial charge >= 0.3 is 0 Å². The topological polar surface area (TPSA) is 26.2 Å². The zero-order valence-electron chi connectivity index (χ0n) is 9.85. The molecule has 0 amide bonds. The summed E-state index contributed by atoms with van der Waals surface area (Å²) in [6.07, 6.45) is 2.21. The van der Waals surface area contributed by atoms with Gasteiger partial charge < -0.3 is 14.6 Å². The maximum Gasteiger partial charge on any atom is 0.0662 e. The molecule has 1 saturated heterocycles. The highest BCUT2D eigenvalue weighted by Gasteiger charge is 2.19. The molecule has 0 radical (unpaired) electrons. The second-order valence-corrected chi connectivity index (χ2v) is 4.29. The highest BCUT2D eigenvalue weighted by Crippen LogP contribution is 2.26. The van der Waals surface area contributed by atoms with Gasteiger partial charge in [-0.2, -0.15) is 0 Å². The number of rotatable bonds is 1. The number of hydrogen-bond acceptors (Lipinski definition) is 2. The van der Waals surface area contributed by atoms with Crippen LogP contribution in [0.4, 0.5) is 0 Å². The van der Waals surface area contributed by atoms with Gasteiger partial charge in [-0.05, 0) is 11.6 Å². The van der Waals surface area contributed by atoms with Crippen LogP contribution in [-0.4, -0.2) is 24.3 Å². The van der Waals surface area contributed by atoms with Gasteiger partial charge in [-0.25, -0.2) is 0 Å². The Balaban J connectivity index is 0.00000108. The largest absolute Gasteiger partial charge is 0.378 e. The van der Waals surface area contributed by atoms with Crippen LogP contribution in [0.3, 0.4) is 0 Å². The Hall–Kier alpha value is -1.03. The van der Waals surface area contributed by atoms with Crippen LogP contribution in [0, 0.1) is 0 Å². The molecular weight excluding hydrogens is 236 g/mol. The van der Waals surface area contributed by atoms with Crippen LogP contribution in [0.1, 0.15) is 11.6 Å². The highest BCUT2D eigenvalue weighted by molar-refractivity contribution is 5.85. The van der Waals surface area contributed by atoms with Crippen molar-refractivity contribution in [2.45, 2.75) is 6.04 Å². The lowest BCUT2D eigenvalue weighted by Crippen LogP contribution is -2.34. The quantitative estimate of drug-likeness (QED) is 0.843. The van der Waals surface area contributed by atoms with E-state index in [-0.39, 0.29) is 12.4 Å². The molecule has 1 aromatic heterocycles. The summed E-state index contributed by atoms with van der Waals surface area (Å²) in [4.78, 5) is 0. The summed E-state index contributed by atoms with van der Waals surface area (Å²) in [5.41, 5.74) is 2.63. The van der Waals surface area contributed by atoms with Crippen molar-refractivity contribution in [1.29, 1.82) is 0 Å². The summed E-state index contributed by atoms with van der Waals surface area (Å²) in [6, 6.07) is 8.84. The molecule has 1 aliphatic heterocycles. The summed E-state index contributed by atoms with van der Waals surface area (Å²) < 4.78 is 7.70. The molecule has 3 rings (SSSR count). The lowest BCUT2D eigenvalue weighted by atomic mass is 10.1. The monoisotopic (exact) mass is 252 g/mol. The predicted octanol–water partition coefficient (Wildman–Crippen LogP) is 2.26. The molecule has 92 valence electrons. The van der Waals surface area contributed by atoms with Crippen molar-refractivity contribution in [3.8, 4) is 0 Å². The summed E-state index contributed by atoms with van der Waals surface area (Å²) in [5, 5.41) is 4.83. The number of morpholine rings is 1. The number of aromatic nitrogens is 1. The van der Waals surface area contributed by atoms with E-state index >= 15 is 0 Å². The average Bonchev–Trinajstić information content (AvgIpc) is 2.69. The van der Waals surface area contributed by atoms with Gasteiger partial charge in [0, 0.05) is 30.7 Å². The molecule has 1 aliphatic rings. The number of hydrogen-bond donors (Lipinski definition) is 1. The lowest BCUT2D eigenvalue weighted by Gasteiger charge is -2.23. The van der Waals surface area contributed by atoms with Crippen LogP contribution in [0.25, 0.3) is 10.9 Å². The molecule has 0 saturated carbocycles. The first-order chi connectivity index (χ1) is 7.86. The Labute approximate surface area is 107 Å². The highest BCUT2D eigenvalue weighted by atomic mass is 35.5. The number of fused-ring (bicyclic) bond motifs is 1. The van der Waals surface area contributed by atoms with E-state index in [0.717, 1.165) is 19.8 Å². The number of benzene rings is 1. The van der Waals surface area contributed by atoms with Crippen LogP contribution in [-0.2, 0) is 11.8 Å². The smallest absolute Gasteiger partial charge is 0.0662 e. The van der Waals surface area contributed by atoms with Gasteiger partial charge in [0.1, 0.15) is 0 Å². The molecular formula is C13H17ClN2O. The van der Waals surface area contributed by atoms with E-state index in [1.807, 2.05) is 0 Å². The van der Waals surface area contributed by atoms with Crippen molar-refractivity contribution < 1.29 is 4.74 Å². The van der Waals surface area contributed by atoms with Gasteiger partial charge in [0.15, 0.2) is 0 Å². The Morgan fingerprint density at radius 3 is 2.94 bits per heavy atom. The van der Waals surface area contributed by atoms with Crippen molar-refractivity contribution >= 4 is 23.3 Å². The molecule has 2 heterocycles. The fourth-order valence-corrected chi connectivity index (χ4v) is 2.42. The first-order valence-corrected chi connectivity index (χ1v) is 5.71. The predicted molar refractivity (Wildman–Crippen MR) is 71.7 cm³/mol. The van der Waals surface area contributed by atoms with E-state index in [1.165, 1.54) is 16.5 Å². The minimum absolute atomic E-state index is 0. The molecule has 1 aromatic carbocycles. The number of nitrogens with zero attached hydrogens (tertiary/aromatic N) is 1. The molecule has 4 heteroatoms. The fourth-order valence-electron chi connectivity index (χ4n) is 2.42. The Bertz CT molecular complexity index is 503. The SMILES string of the molecule is Cl.Cn1cc([C@@H]2COCCN2)c2ccccc21. The minimum Gasteiger partial charge on any atom is -0.378 e. The third-order valence-electron chi connectivity index (χ3n) is 3.22. The second kappa shape index (κ2) is 5.08. The standard InChI is InChI=1S/C13H16N2O.ClH/c1-15-8-11(12-9-16-7-6-14-12)10-4-2-3-5-13(10)15;/h2-5,8,12,14H,6-7,9H2,1H3;1H/t12-;/m0./s1. The van der Waals surface area contributed by atoms with Crippen LogP contribution >= 0.6 is 12.4 Å². The Morgan fingerprint density at radius 2 is 2.18 bits per heavy atom. The van der Waals surface area contributed by atoms with E-state index in [2.05, 4.69) is 47.4 Å². The molecule has 2 aromatic rings. The number of para-hydroxylation sites is 1. The van der Waals surface area contributed by atoms with Gasteiger partial charge in [-0.15, -0.1) is 12.4 Å². The van der Waals surface area contributed by atoms with Crippen molar-refractivity contribution in [3.63, 3.8) is 0 Å². The molecule has 1 atom stereocenters. The Kier molecular flexibility index (Phi) is 3.72. The maximum absolute atomic E-state index is 5.52. The molecule has 0 unspecified atom stereocenters. The van der Waals surface area contributed by atoms with Crippen molar-refractivity contribution in [2.75, 3.05) is 19.8 Å². The number of ether oxygens (including phenoxy) is 1. The maximum atomic E-state index is 5.52. The van der Waals surface area contributed by atoms with E-state index < -0.39 is 0 Å². The summed E-state index contributed by atoms with van der Waals surface area (Å²) in [6.45, 7) is 2.53. The molecule has 0 bridgehead atoms. The van der Waals surface area contributed by atoms with E-state index in [9.17, 15) is 0 Å². The summed E-state index contributed by atoms with van der Waals surface area (Å²) in [7, 11) is 2.09. The third-order valence-corrected chi connectivity index (χ3v) is 3.22. The van der Waals surface area contributed by atoms with Crippen LogP contribution in [0.2, 0.25) is 0 Å². The molecule has 0 aliphatic carbocycles. The molecule has 0 spiro atoms. The van der Waals surface area contributed by atoms with Crippen LogP contribution < -0.4 is 5.32 Å². The zero-order valence-corrected chi connectivity index (χ0v) is 10.7. The van der Waals surface area contributed by atoms with Crippen molar-refractivity contribution in [3.05, 3.63) is 36.0 Å². The van der Waals surface area contributed by atoms with E-state index in [1.54, 1.807) is 0 Å².